The van der Waals surface area contributed by atoms with Crippen LogP contribution in [0.2, 0.25) is 0 Å². The molecule has 9 heteroatoms. The lowest BCUT2D eigenvalue weighted by molar-refractivity contribution is -0.119. The van der Waals surface area contributed by atoms with E-state index in [9.17, 15) is 24.0 Å². The van der Waals surface area contributed by atoms with Gasteiger partial charge in [0.05, 0.1) is 36.5 Å². The standard InChI is InChI=1S/C27H22N2O7/c1-35-26(33)17-13-18(27(34)36-2)15-19(14-17)28-23(30)22(12-16-8-4-3-5-9-16)29-24(31)20-10-6-7-11-21(20)25(29)32/h3-11,13-15,22H,12H2,1-2H3,(H,28,30)/t22-/m0/s1. The third kappa shape index (κ3) is 4.72. The highest BCUT2D eigenvalue weighted by molar-refractivity contribution is 6.23. The summed E-state index contributed by atoms with van der Waals surface area (Å²) in [5.41, 5.74) is 1.28. The number of rotatable bonds is 7. The number of imide groups is 1. The van der Waals surface area contributed by atoms with Gasteiger partial charge in [-0.3, -0.25) is 19.3 Å². The van der Waals surface area contributed by atoms with Crippen molar-refractivity contribution in [2.75, 3.05) is 19.5 Å². The molecular weight excluding hydrogens is 464 g/mol. The fraction of sp³-hybridized carbons (Fsp3) is 0.148. The largest absolute Gasteiger partial charge is 0.465 e. The number of carbonyl (C=O) groups is 5. The molecule has 0 aromatic heterocycles. The number of carbonyl (C=O) groups excluding carboxylic acids is 5. The second-order valence-corrected chi connectivity index (χ2v) is 8.00. The van der Waals surface area contributed by atoms with E-state index in [-0.39, 0.29) is 34.4 Å². The zero-order chi connectivity index (χ0) is 25.8. The normalized spacial score (nSPS) is 13.1. The summed E-state index contributed by atoms with van der Waals surface area (Å²) < 4.78 is 9.47. The lowest BCUT2D eigenvalue weighted by atomic mass is 10.0. The van der Waals surface area contributed by atoms with E-state index in [0.717, 1.165) is 10.5 Å². The Balaban J connectivity index is 1.71. The van der Waals surface area contributed by atoms with Crippen molar-refractivity contribution >= 4 is 35.3 Å². The Labute approximate surface area is 206 Å². The maximum atomic E-state index is 13.6. The molecule has 3 aromatic rings. The molecule has 3 aromatic carbocycles. The highest BCUT2D eigenvalue weighted by atomic mass is 16.5. The smallest absolute Gasteiger partial charge is 0.337 e. The summed E-state index contributed by atoms with van der Waals surface area (Å²) in [7, 11) is 2.37. The molecular formula is C27H22N2O7. The molecule has 0 saturated carbocycles. The number of hydrogen-bond acceptors (Lipinski definition) is 7. The number of fused-ring (bicyclic) bond motifs is 1. The second-order valence-electron chi connectivity index (χ2n) is 8.00. The first kappa shape index (κ1) is 24.3. The van der Waals surface area contributed by atoms with Crippen molar-refractivity contribution in [2.45, 2.75) is 12.5 Å². The van der Waals surface area contributed by atoms with E-state index in [4.69, 9.17) is 9.47 Å². The average Bonchev–Trinajstić information content (AvgIpc) is 3.16. The first-order chi connectivity index (χ1) is 17.3. The van der Waals surface area contributed by atoms with Gasteiger partial charge in [-0.1, -0.05) is 42.5 Å². The maximum Gasteiger partial charge on any atom is 0.337 e. The molecule has 0 fully saturated rings. The van der Waals surface area contributed by atoms with Gasteiger partial charge >= 0.3 is 11.9 Å². The molecule has 4 rings (SSSR count). The molecule has 1 atom stereocenters. The van der Waals surface area contributed by atoms with Crippen LogP contribution in [0.1, 0.15) is 47.0 Å². The number of benzene rings is 3. The molecule has 0 unspecified atom stereocenters. The van der Waals surface area contributed by atoms with Gasteiger partial charge in [0.15, 0.2) is 0 Å². The fourth-order valence-electron chi connectivity index (χ4n) is 4.03. The van der Waals surface area contributed by atoms with Crippen molar-refractivity contribution in [3.8, 4) is 0 Å². The highest BCUT2D eigenvalue weighted by Gasteiger charge is 2.42. The molecule has 1 aliphatic heterocycles. The van der Waals surface area contributed by atoms with Crippen molar-refractivity contribution in [1.29, 1.82) is 0 Å². The van der Waals surface area contributed by atoms with Gasteiger partial charge in [0.2, 0.25) is 5.91 Å². The van der Waals surface area contributed by atoms with Gasteiger partial charge in [-0.05, 0) is 35.9 Å². The van der Waals surface area contributed by atoms with E-state index >= 15 is 0 Å². The minimum atomic E-state index is -1.21. The Bertz CT molecular complexity index is 1300. The van der Waals surface area contributed by atoms with Crippen molar-refractivity contribution < 1.29 is 33.4 Å². The van der Waals surface area contributed by atoms with Crippen LogP contribution in [-0.2, 0) is 20.7 Å². The maximum absolute atomic E-state index is 13.6. The number of hydrogen-bond donors (Lipinski definition) is 1. The van der Waals surface area contributed by atoms with Gasteiger partial charge in [0, 0.05) is 12.1 Å². The van der Waals surface area contributed by atoms with Gasteiger partial charge in [-0.2, -0.15) is 0 Å². The quantitative estimate of drug-likeness (QED) is 0.403. The van der Waals surface area contributed by atoms with Crippen LogP contribution < -0.4 is 5.32 Å². The zero-order valence-electron chi connectivity index (χ0n) is 19.5. The molecule has 0 radical (unpaired) electrons. The van der Waals surface area contributed by atoms with E-state index < -0.39 is 35.7 Å². The summed E-state index contributed by atoms with van der Waals surface area (Å²) in [5, 5.41) is 2.65. The number of ether oxygens (including phenoxy) is 2. The summed E-state index contributed by atoms with van der Waals surface area (Å²) in [6, 6.07) is 18.1. The Morgan fingerprint density at radius 3 is 1.78 bits per heavy atom. The molecule has 0 bridgehead atoms. The zero-order valence-corrected chi connectivity index (χ0v) is 19.5. The second kappa shape index (κ2) is 10.2. The summed E-state index contributed by atoms with van der Waals surface area (Å²) in [6.45, 7) is 0. The monoisotopic (exact) mass is 486 g/mol. The van der Waals surface area contributed by atoms with Crippen LogP contribution >= 0.6 is 0 Å². The van der Waals surface area contributed by atoms with Gasteiger partial charge in [-0.15, -0.1) is 0 Å². The molecule has 1 N–H and O–H groups in total. The van der Waals surface area contributed by atoms with E-state index in [1.165, 1.54) is 44.6 Å². The Morgan fingerprint density at radius 2 is 1.28 bits per heavy atom. The number of nitrogens with one attached hydrogen (secondary N) is 1. The summed E-state index contributed by atoms with van der Waals surface area (Å²) in [5.74, 6) is -3.28. The molecule has 1 aliphatic rings. The molecule has 9 nitrogen and oxygen atoms in total. The van der Waals surface area contributed by atoms with Crippen molar-refractivity contribution in [3.05, 3.63) is 101 Å². The lowest BCUT2D eigenvalue weighted by Crippen LogP contribution is -2.48. The van der Waals surface area contributed by atoms with Crippen LogP contribution in [0.15, 0.2) is 72.8 Å². The van der Waals surface area contributed by atoms with Crippen LogP contribution in [-0.4, -0.2) is 54.8 Å². The van der Waals surface area contributed by atoms with Crippen LogP contribution in [0.5, 0.6) is 0 Å². The average molecular weight is 486 g/mol. The van der Waals surface area contributed by atoms with Crippen LogP contribution in [0, 0.1) is 0 Å². The van der Waals surface area contributed by atoms with E-state index in [2.05, 4.69) is 5.32 Å². The van der Waals surface area contributed by atoms with Crippen molar-refractivity contribution in [1.82, 2.24) is 4.90 Å². The first-order valence-corrected chi connectivity index (χ1v) is 11.0. The summed E-state index contributed by atoms with van der Waals surface area (Å²) in [4.78, 5) is 65.1. The topological polar surface area (TPSA) is 119 Å². The molecule has 3 amide bonds. The Hall–Kier alpha value is -4.79. The predicted molar refractivity (Wildman–Crippen MR) is 129 cm³/mol. The SMILES string of the molecule is COC(=O)c1cc(NC(=O)[C@H](Cc2ccccc2)N2C(=O)c3ccccc3C2=O)cc(C(=O)OC)c1. The van der Waals surface area contributed by atoms with Gasteiger partial charge in [-0.25, -0.2) is 9.59 Å². The number of amides is 3. The molecule has 1 heterocycles. The Kier molecular flexibility index (Phi) is 6.91. The first-order valence-electron chi connectivity index (χ1n) is 11.0. The summed E-state index contributed by atoms with van der Waals surface area (Å²) >= 11 is 0. The minimum absolute atomic E-state index is 0.0102. The van der Waals surface area contributed by atoms with Crippen molar-refractivity contribution in [2.24, 2.45) is 0 Å². The number of nitrogens with zero attached hydrogens (tertiary/aromatic N) is 1. The van der Waals surface area contributed by atoms with Crippen LogP contribution in [0.25, 0.3) is 0 Å². The lowest BCUT2D eigenvalue weighted by Gasteiger charge is -2.25. The highest BCUT2D eigenvalue weighted by Crippen LogP contribution is 2.27. The van der Waals surface area contributed by atoms with E-state index in [1.807, 2.05) is 6.07 Å². The van der Waals surface area contributed by atoms with E-state index in [0.29, 0.717) is 0 Å². The van der Waals surface area contributed by atoms with Gasteiger partial charge in [0.1, 0.15) is 6.04 Å². The number of esters is 2. The predicted octanol–water partition coefficient (Wildman–Crippen LogP) is 3.11. The third-order valence-electron chi connectivity index (χ3n) is 5.75. The molecule has 0 aliphatic carbocycles. The van der Waals surface area contributed by atoms with Gasteiger partial charge < -0.3 is 14.8 Å². The fourth-order valence-corrected chi connectivity index (χ4v) is 4.03. The van der Waals surface area contributed by atoms with Crippen molar-refractivity contribution in [3.63, 3.8) is 0 Å². The van der Waals surface area contributed by atoms with Crippen LogP contribution in [0.3, 0.4) is 0 Å². The molecule has 36 heavy (non-hydrogen) atoms. The number of anilines is 1. The third-order valence-corrected chi connectivity index (χ3v) is 5.75. The molecule has 182 valence electrons. The van der Waals surface area contributed by atoms with Gasteiger partial charge in [0.25, 0.3) is 11.8 Å². The molecule has 0 saturated heterocycles. The van der Waals surface area contributed by atoms with E-state index in [1.54, 1.807) is 36.4 Å². The Morgan fingerprint density at radius 1 is 0.778 bits per heavy atom. The minimum Gasteiger partial charge on any atom is -0.465 e. The summed E-state index contributed by atoms with van der Waals surface area (Å²) in [6.07, 6.45) is 0.0543. The number of methoxy groups -OCH3 is 2. The molecule has 0 spiro atoms. The van der Waals surface area contributed by atoms with Crippen LogP contribution in [0.4, 0.5) is 5.69 Å².